The molecule has 0 aliphatic carbocycles. The van der Waals surface area contributed by atoms with Gasteiger partial charge in [-0.25, -0.2) is 18.2 Å². The second-order valence-electron chi connectivity index (χ2n) is 8.38. The Morgan fingerprint density at radius 3 is 2.45 bits per heavy atom. The van der Waals surface area contributed by atoms with E-state index in [9.17, 15) is 22.8 Å². The van der Waals surface area contributed by atoms with Gasteiger partial charge in [0.05, 0.1) is 5.02 Å². The lowest BCUT2D eigenvalue weighted by Crippen LogP contribution is -2.62. The van der Waals surface area contributed by atoms with Gasteiger partial charge in [0.15, 0.2) is 11.6 Å². The average Bonchev–Trinajstić information content (AvgIpc) is 2.77. The van der Waals surface area contributed by atoms with E-state index in [2.05, 4.69) is 4.98 Å². The molecule has 5 nitrogen and oxygen atoms in total. The fourth-order valence-corrected chi connectivity index (χ4v) is 5.60. The van der Waals surface area contributed by atoms with Crippen LogP contribution in [0.1, 0.15) is 30.9 Å². The number of rotatable bonds is 5. The second-order valence-corrected chi connectivity index (χ2v) is 10.0. The van der Waals surface area contributed by atoms with Gasteiger partial charge in [-0.05, 0) is 41.9 Å². The van der Waals surface area contributed by atoms with Gasteiger partial charge in [0.25, 0.3) is 11.8 Å². The first-order chi connectivity index (χ1) is 15.6. The lowest BCUT2D eigenvalue weighted by Gasteiger charge is -2.44. The first-order valence-electron chi connectivity index (χ1n) is 10.6. The third-order valence-corrected chi connectivity index (χ3v) is 7.29. The summed E-state index contributed by atoms with van der Waals surface area (Å²) in [5.41, 5.74) is 0.521. The summed E-state index contributed by atoms with van der Waals surface area (Å²) in [6.07, 6.45) is 2.73. The number of hydrogen-bond donors (Lipinski definition) is 0. The Hall–Kier alpha value is -2.26. The molecule has 0 bridgehead atoms. The first kappa shape index (κ1) is 23.9. The van der Waals surface area contributed by atoms with Gasteiger partial charge in [-0.3, -0.25) is 14.5 Å². The van der Waals surface area contributed by atoms with E-state index < -0.39 is 23.7 Å². The van der Waals surface area contributed by atoms with Crippen molar-refractivity contribution in [1.82, 2.24) is 9.88 Å². The minimum Gasteiger partial charge on any atom is -0.324 e. The Balaban J connectivity index is 1.64. The number of hydrogen-bond acceptors (Lipinski definition) is 4. The van der Waals surface area contributed by atoms with E-state index >= 15 is 0 Å². The summed E-state index contributed by atoms with van der Waals surface area (Å²) in [5.74, 6) is -3.05. The maximum Gasteiger partial charge on any atom is 0.270 e. The van der Waals surface area contributed by atoms with Crippen LogP contribution in [0.3, 0.4) is 0 Å². The van der Waals surface area contributed by atoms with Crippen molar-refractivity contribution >= 4 is 41.0 Å². The van der Waals surface area contributed by atoms with Gasteiger partial charge in [-0.2, -0.15) is 11.8 Å². The van der Waals surface area contributed by atoms with Gasteiger partial charge in [-0.15, -0.1) is 0 Å². The monoisotopic (exact) mass is 497 g/mol. The first-order valence-corrected chi connectivity index (χ1v) is 12.2. The SMILES string of the molecule is CC(F)(F)c1ccc(CN2C(=O)CN(c3ncc(Cl)cc3F)C(=O)C2C2CCSCC2)cc1. The van der Waals surface area contributed by atoms with Crippen molar-refractivity contribution in [3.63, 3.8) is 0 Å². The predicted octanol–water partition coefficient (Wildman–Crippen LogP) is 4.87. The zero-order valence-corrected chi connectivity index (χ0v) is 19.5. The number of carbonyl (C=O) groups excluding carboxylic acids is 2. The lowest BCUT2D eigenvalue weighted by molar-refractivity contribution is -0.146. The number of benzene rings is 1. The number of amides is 2. The fraction of sp³-hybridized carbons (Fsp3) is 0.435. The minimum absolute atomic E-state index is 0.0832. The molecular formula is C23H23ClF3N3O2S. The molecule has 0 spiro atoms. The molecule has 0 N–H and O–H groups in total. The van der Waals surface area contributed by atoms with Crippen molar-refractivity contribution < 1.29 is 22.8 Å². The van der Waals surface area contributed by atoms with Crippen molar-refractivity contribution in [1.29, 1.82) is 0 Å². The van der Waals surface area contributed by atoms with E-state index in [0.717, 1.165) is 42.2 Å². The van der Waals surface area contributed by atoms with Crippen molar-refractivity contribution in [2.45, 2.75) is 38.3 Å². The molecule has 0 saturated carbocycles. The molecule has 1 aromatic heterocycles. The highest BCUT2D eigenvalue weighted by Crippen LogP contribution is 2.34. The molecule has 1 unspecified atom stereocenters. The standard InChI is InChI=1S/C23H23ClF3N3O2S/c1-23(26,27)16-4-2-14(3-5-16)12-29-19(31)13-30(21-18(25)10-17(24)11-28-21)22(32)20(29)15-6-8-33-9-7-15/h2-5,10-11,15,20H,6-9,12-13H2,1H3. The molecular weight excluding hydrogens is 475 g/mol. The quantitative estimate of drug-likeness (QED) is 0.591. The third kappa shape index (κ3) is 5.14. The number of aromatic nitrogens is 1. The number of piperazine rings is 1. The molecule has 10 heteroatoms. The Morgan fingerprint density at radius 2 is 1.85 bits per heavy atom. The molecule has 2 amide bonds. The highest BCUT2D eigenvalue weighted by molar-refractivity contribution is 7.99. The molecule has 1 aromatic carbocycles. The van der Waals surface area contributed by atoms with E-state index in [-0.39, 0.29) is 41.3 Å². The number of anilines is 1. The number of carbonyl (C=O) groups is 2. The third-order valence-electron chi connectivity index (χ3n) is 6.04. The maximum atomic E-state index is 14.6. The summed E-state index contributed by atoms with van der Waals surface area (Å²) in [6.45, 7) is 0.580. The molecule has 2 aromatic rings. The van der Waals surface area contributed by atoms with Gasteiger partial charge < -0.3 is 4.90 Å². The average molecular weight is 498 g/mol. The molecule has 2 saturated heterocycles. The molecule has 4 rings (SSSR count). The zero-order chi connectivity index (χ0) is 23.8. The number of alkyl halides is 2. The summed E-state index contributed by atoms with van der Waals surface area (Å²) in [4.78, 5) is 33.4. The number of pyridine rings is 1. The van der Waals surface area contributed by atoms with Gasteiger partial charge in [0.2, 0.25) is 5.91 Å². The van der Waals surface area contributed by atoms with Crippen LogP contribution in [0.4, 0.5) is 19.0 Å². The van der Waals surface area contributed by atoms with E-state index in [1.165, 1.54) is 23.2 Å². The molecule has 33 heavy (non-hydrogen) atoms. The van der Waals surface area contributed by atoms with Crippen LogP contribution < -0.4 is 4.90 Å². The van der Waals surface area contributed by atoms with E-state index in [1.54, 1.807) is 23.9 Å². The largest absolute Gasteiger partial charge is 0.324 e. The van der Waals surface area contributed by atoms with Gasteiger partial charge in [-0.1, -0.05) is 35.9 Å². The molecule has 2 fully saturated rings. The highest BCUT2D eigenvalue weighted by atomic mass is 35.5. The molecule has 3 heterocycles. The Morgan fingerprint density at radius 1 is 1.18 bits per heavy atom. The fourth-order valence-electron chi connectivity index (χ4n) is 4.31. The van der Waals surface area contributed by atoms with Crippen LogP contribution in [0.5, 0.6) is 0 Å². The number of nitrogens with zero attached hydrogens (tertiary/aromatic N) is 3. The van der Waals surface area contributed by atoms with Crippen LogP contribution in [0.25, 0.3) is 0 Å². The van der Waals surface area contributed by atoms with Crippen LogP contribution in [0.2, 0.25) is 5.02 Å². The van der Waals surface area contributed by atoms with Gasteiger partial charge in [0.1, 0.15) is 12.6 Å². The summed E-state index contributed by atoms with van der Waals surface area (Å²) in [5, 5.41) is 0.0932. The number of thioether (sulfide) groups is 1. The van der Waals surface area contributed by atoms with E-state index in [4.69, 9.17) is 11.6 Å². The van der Waals surface area contributed by atoms with Crippen LogP contribution >= 0.6 is 23.4 Å². The maximum absolute atomic E-state index is 14.6. The predicted molar refractivity (Wildman–Crippen MR) is 122 cm³/mol. The van der Waals surface area contributed by atoms with Crippen LogP contribution in [0.15, 0.2) is 36.5 Å². The number of halogens is 4. The summed E-state index contributed by atoms with van der Waals surface area (Å²) in [7, 11) is 0. The molecule has 2 aliphatic heterocycles. The van der Waals surface area contributed by atoms with Crippen molar-refractivity contribution in [3.8, 4) is 0 Å². The van der Waals surface area contributed by atoms with Crippen molar-refractivity contribution in [2.24, 2.45) is 5.92 Å². The summed E-state index contributed by atoms with van der Waals surface area (Å²) >= 11 is 7.58. The molecule has 176 valence electrons. The van der Waals surface area contributed by atoms with Crippen molar-refractivity contribution in [3.05, 3.63) is 58.5 Å². The Kier molecular flexibility index (Phi) is 6.91. The van der Waals surface area contributed by atoms with Gasteiger partial charge in [0, 0.05) is 25.2 Å². The molecule has 0 radical (unpaired) electrons. The highest BCUT2D eigenvalue weighted by Gasteiger charge is 2.45. The topological polar surface area (TPSA) is 53.5 Å². The van der Waals surface area contributed by atoms with Crippen LogP contribution in [0, 0.1) is 11.7 Å². The molecule has 2 aliphatic rings. The smallest absolute Gasteiger partial charge is 0.270 e. The van der Waals surface area contributed by atoms with Crippen LogP contribution in [-0.2, 0) is 22.1 Å². The van der Waals surface area contributed by atoms with Crippen molar-refractivity contribution in [2.75, 3.05) is 23.0 Å². The summed E-state index contributed by atoms with van der Waals surface area (Å²) < 4.78 is 41.7. The Bertz CT molecular complexity index is 1040. The summed E-state index contributed by atoms with van der Waals surface area (Å²) in [6, 6.07) is 6.03. The lowest BCUT2D eigenvalue weighted by atomic mass is 9.89. The molecule has 1 atom stereocenters. The van der Waals surface area contributed by atoms with E-state index in [0.29, 0.717) is 5.56 Å². The van der Waals surface area contributed by atoms with Crippen LogP contribution in [-0.4, -0.2) is 45.8 Å². The Labute approximate surface area is 199 Å². The zero-order valence-electron chi connectivity index (χ0n) is 17.9. The normalized spacial score (nSPS) is 20.5. The second kappa shape index (κ2) is 9.54. The van der Waals surface area contributed by atoms with Gasteiger partial charge >= 0.3 is 0 Å². The minimum atomic E-state index is -2.96. The van der Waals surface area contributed by atoms with E-state index in [1.807, 2.05) is 0 Å².